The van der Waals surface area contributed by atoms with Crippen LogP contribution in [0.1, 0.15) is 0 Å². The van der Waals surface area contributed by atoms with Crippen LogP contribution in [0, 0.1) is 0 Å². The molecule has 0 aliphatic rings. The number of anilines is 1. The van der Waals surface area contributed by atoms with Crippen LogP contribution < -0.4 is 10.1 Å². The van der Waals surface area contributed by atoms with E-state index in [1.165, 1.54) is 12.2 Å². The van der Waals surface area contributed by atoms with Crippen molar-refractivity contribution in [1.29, 1.82) is 0 Å². The fourth-order valence-electron chi connectivity index (χ4n) is 0.976. The van der Waals surface area contributed by atoms with Crippen LogP contribution in [0.25, 0.3) is 0 Å². The Hall–Kier alpha value is -1.90. The highest BCUT2D eigenvalue weighted by atomic mass is 16.5. The first-order valence-corrected chi connectivity index (χ1v) is 4.19. The van der Waals surface area contributed by atoms with E-state index >= 15 is 0 Å². The number of benzene rings is 1. The molecule has 3 nitrogen and oxygen atoms in total. The second-order valence-corrected chi connectivity index (χ2v) is 2.64. The molecule has 2 N–H and O–H groups in total. The van der Waals surface area contributed by atoms with Gasteiger partial charge < -0.3 is 15.2 Å². The second kappa shape index (κ2) is 4.97. The molecule has 14 heavy (non-hydrogen) atoms. The monoisotopic (exact) mass is 191 g/mol. The highest BCUT2D eigenvalue weighted by Crippen LogP contribution is 2.15. The first kappa shape index (κ1) is 10.2. The molecule has 0 heterocycles. The molecule has 0 radical (unpaired) electrons. The van der Waals surface area contributed by atoms with Gasteiger partial charge in [-0.3, -0.25) is 0 Å². The van der Waals surface area contributed by atoms with E-state index in [2.05, 4.69) is 11.9 Å². The molecular weight excluding hydrogens is 178 g/mol. The molecular formula is C11H13NO2. The average Bonchev–Trinajstić information content (AvgIpc) is 2.19. The lowest BCUT2D eigenvalue weighted by atomic mass is 10.3. The number of aliphatic hydroxyl groups is 1. The summed E-state index contributed by atoms with van der Waals surface area (Å²) in [4.78, 5) is 0. The summed E-state index contributed by atoms with van der Waals surface area (Å²) < 4.78 is 5.00. The summed E-state index contributed by atoms with van der Waals surface area (Å²) in [6.07, 6.45) is 2.98. The summed E-state index contributed by atoms with van der Waals surface area (Å²) in [6.45, 7) is 3.47. The molecule has 0 spiro atoms. The van der Waals surface area contributed by atoms with Crippen LogP contribution in [0.4, 0.5) is 5.69 Å². The number of aliphatic hydroxyl groups excluding tert-OH is 1. The maximum Gasteiger partial charge on any atom is 0.188 e. The molecule has 0 aliphatic heterocycles. The summed E-state index contributed by atoms with van der Waals surface area (Å²) >= 11 is 0. The molecule has 0 unspecified atom stereocenters. The van der Waals surface area contributed by atoms with Crippen molar-refractivity contribution in [3.8, 4) is 5.75 Å². The Morgan fingerprint density at radius 2 is 2.07 bits per heavy atom. The summed E-state index contributed by atoms with van der Waals surface area (Å²) in [5.41, 5.74) is 0.793. The van der Waals surface area contributed by atoms with Gasteiger partial charge in [0.2, 0.25) is 0 Å². The summed E-state index contributed by atoms with van der Waals surface area (Å²) in [5, 5.41) is 12.1. The van der Waals surface area contributed by atoms with E-state index in [-0.39, 0.29) is 5.88 Å². The number of rotatable bonds is 4. The number of methoxy groups -OCH3 is 1. The SMILES string of the molecule is C=CC=C(O)Nc1ccc(OC)cc1. The quantitative estimate of drug-likeness (QED) is 0.568. The van der Waals surface area contributed by atoms with Gasteiger partial charge in [0.1, 0.15) is 5.75 Å². The minimum absolute atomic E-state index is 0.0603. The Kier molecular flexibility index (Phi) is 3.61. The smallest absolute Gasteiger partial charge is 0.188 e. The topological polar surface area (TPSA) is 41.5 Å². The van der Waals surface area contributed by atoms with E-state index in [1.54, 1.807) is 7.11 Å². The van der Waals surface area contributed by atoms with E-state index in [1.807, 2.05) is 24.3 Å². The molecule has 1 rings (SSSR count). The molecule has 0 atom stereocenters. The summed E-state index contributed by atoms with van der Waals surface area (Å²) in [5.74, 6) is 0.841. The largest absolute Gasteiger partial charge is 0.497 e. The standard InChI is InChI=1S/C11H13NO2/c1-3-4-11(13)12-9-5-7-10(14-2)8-6-9/h3-8,12-13H,1H2,2H3. The van der Waals surface area contributed by atoms with E-state index < -0.39 is 0 Å². The minimum Gasteiger partial charge on any atom is -0.497 e. The van der Waals surface area contributed by atoms with Crippen LogP contribution >= 0.6 is 0 Å². The maximum absolute atomic E-state index is 9.28. The van der Waals surface area contributed by atoms with Crippen LogP contribution in [0.15, 0.2) is 48.9 Å². The Labute approximate surface area is 83.3 Å². The molecule has 1 aromatic carbocycles. The lowest BCUT2D eigenvalue weighted by molar-refractivity contribution is 0.414. The van der Waals surface area contributed by atoms with Gasteiger partial charge in [-0.15, -0.1) is 0 Å². The van der Waals surface area contributed by atoms with Gasteiger partial charge in [-0.2, -0.15) is 0 Å². The number of hydrogen-bond acceptors (Lipinski definition) is 3. The molecule has 74 valence electrons. The highest BCUT2D eigenvalue weighted by Gasteiger charge is 1.94. The zero-order valence-electron chi connectivity index (χ0n) is 8.03. The van der Waals surface area contributed by atoms with Crippen molar-refractivity contribution < 1.29 is 9.84 Å². The van der Waals surface area contributed by atoms with Crippen LogP contribution in [0.3, 0.4) is 0 Å². The highest BCUT2D eigenvalue weighted by molar-refractivity contribution is 5.49. The van der Waals surface area contributed by atoms with Gasteiger partial charge in [0.15, 0.2) is 5.88 Å². The van der Waals surface area contributed by atoms with Gasteiger partial charge in [-0.25, -0.2) is 0 Å². The normalized spacial score (nSPS) is 10.8. The molecule has 0 aromatic heterocycles. The molecule has 0 bridgehead atoms. The van der Waals surface area contributed by atoms with Crippen molar-refractivity contribution >= 4 is 5.69 Å². The number of hydrogen-bond donors (Lipinski definition) is 2. The van der Waals surface area contributed by atoms with Crippen LogP contribution in [-0.2, 0) is 0 Å². The molecule has 3 heteroatoms. The first-order valence-electron chi connectivity index (χ1n) is 4.19. The molecule has 0 amide bonds. The van der Waals surface area contributed by atoms with Crippen molar-refractivity contribution in [1.82, 2.24) is 0 Å². The van der Waals surface area contributed by atoms with Crippen molar-refractivity contribution in [2.75, 3.05) is 12.4 Å². The molecule has 0 saturated heterocycles. The van der Waals surface area contributed by atoms with E-state index in [0.29, 0.717) is 0 Å². The second-order valence-electron chi connectivity index (χ2n) is 2.64. The van der Waals surface area contributed by atoms with Gasteiger partial charge in [0, 0.05) is 5.69 Å². The zero-order valence-corrected chi connectivity index (χ0v) is 8.03. The van der Waals surface area contributed by atoms with Gasteiger partial charge in [-0.05, 0) is 30.3 Å². The number of allylic oxidation sites excluding steroid dienone is 2. The van der Waals surface area contributed by atoms with E-state index in [4.69, 9.17) is 4.74 Å². The van der Waals surface area contributed by atoms with Crippen molar-refractivity contribution in [2.24, 2.45) is 0 Å². The van der Waals surface area contributed by atoms with E-state index in [9.17, 15) is 5.11 Å². The van der Waals surface area contributed by atoms with Crippen LogP contribution in [0.2, 0.25) is 0 Å². The number of nitrogens with one attached hydrogen (secondary N) is 1. The van der Waals surface area contributed by atoms with Crippen molar-refractivity contribution in [3.05, 3.63) is 48.9 Å². The lowest BCUT2D eigenvalue weighted by Gasteiger charge is -2.05. The third-order valence-corrected chi connectivity index (χ3v) is 1.64. The van der Waals surface area contributed by atoms with Gasteiger partial charge in [0.05, 0.1) is 7.11 Å². The van der Waals surface area contributed by atoms with Crippen molar-refractivity contribution in [2.45, 2.75) is 0 Å². The van der Waals surface area contributed by atoms with Gasteiger partial charge in [-0.1, -0.05) is 12.7 Å². The Morgan fingerprint density at radius 1 is 1.43 bits per heavy atom. The minimum atomic E-state index is 0.0603. The predicted molar refractivity (Wildman–Crippen MR) is 57.5 cm³/mol. The molecule has 0 fully saturated rings. The van der Waals surface area contributed by atoms with Crippen LogP contribution in [0.5, 0.6) is 5.75 Å². The Morgan fingerprint density at radius 3 is 2.57 bits per heavy atom. The average molecular weight is 191 g/mol. The van der Waals surface area contributed by atoms with Gasteiger partial charge >= 0.3 is 0 Å². The summed E-state index contributed by atoms with van der Waals surface area (Å²) in [7, 11) is 1.61. The van der Waals surface area contributed by atoms with Gasteiger partial charge in [0.25, 0.3) is 0 Å². The fraction of sp³-hybridized carbons (Fsp3) is 0.0909. The molecule has 1 aromatic rings. The van der Waals surface area contributed by atoms with Crippen LogP contribution in [-0.4, -0.2) is 12.2 Å². The predicted octanol–water partition coefficient (Wildman–Crippen LogP) is 2.69. The fourth-order valence-corrected chi connectivity index (χ4v) is 0.976. The summed E-state index contributed by atoms with van der Waals surface area (Å²) in [6, 6.07) is 7.24. The maximum atomic E-state index is 9.28. The van der Waals surface area contributed by atoms with E-state index in [0.717, 1.165) is 11.4 Å². The molecule has 0 aliphatic carbocycles. The zero-order chi connectivity index (χ0) is 10.4. The van der Waals surface area contributed by atoms with Crippen molar-refractivity contribution in [3.63, 3.8) is 0 Å². The Balaban J connectivity index is 2.68. The lowest BCUT2D eigenvalue weighted by Crippen LogP contribution is -1.97. The first-order chi connectivity index (χ1) is 6.76. The molecule has 0 saturated carbocycles. The third-order valence-electron chi connectivity index (χ3n) is 1.64. The number of ether oxygens (including phenoxy) is 1. The third kappa shape index (κ3) is 2.86. The Bertz CT molecular complexity index is 328.